The summed E-state index contributed by atoms with van der Waals surface area (Å²) in [5.74, 6) is 0.636. The number of nitrogens with one attached hydrogen (secondary N) is 3. The molecule has 1 unspecified atom stereocenters. The molecule has 13 nitrogen and oxygen atoms in total. The molecule has 1 fully saturated rings. The zero-order chi connectivity index (χ0) is 34.3. The minimum Gasteiger partial charge on any atom is -0.480 e. The lowest BCUT2D eigenvalue weighted by molar-refractivity contribution is -0.119. The molecule has 0 aliphatic carbocycles. The monoisotopic (exact) mass is 697 g/mol. The molecule has 1 amide bonds. The Kier molecular flexibility index (Phi) is 11.8. The standard InChI is InChI=1S/C33H37Cl2N7O6/c1-47-31-26(12-36-11-19-9-10-28(46)40-19)37-13-24(41-31)22-7-3-5-20(29(22)34)21-6-4-8-23(30(21)35)25-14-38-27(32(42-25)48-2)15-39-33(16-43,17-44)18-45/h3-8,13-14,19,36,39,43-45H,9-12,15-18H2,1-2H3,(H,40,46). The quantitative estimate of drug-likeness (QED) is 0.107. The first kappa shape index (κ1) is 35.4. The largest absolute Gasteiger partial charge is 0.480 e. The molecule has 1 atom stereocenters. The molecule has 5 rings (SSSR count). The summed E-state index contributed by atoms with van der Waals surface area (Å²) in [4.78, 5) is 29.9. The SMILES string of the molecule is COc1nc(-c2cccc(-c3cccc(-c4cnc(CNC(CO)(CO)CO)c(OC)n4)c3Cl)c2Cl)cnc1CNCC1CCC(=O)N1. The molecule has 1 saturated heterocycles. The van der Waals surface area contributed by atoms with Gasteiger partial charge in [0.25, 0.3) is 0 Å². The van der Waals surface area contributed by atoms with Crippen molar-refractivity contribution in [3.8, 4) is 45.4 Å². The third kappa shape index (κ3) is 7.68. The smallest absolute Gasteiger partial charge is 0.237 e. The zero-order valence-electron chi connectivity index (χ0n) is 26.5. The summed E-state index contributed by atoms with van der Waals surface area (Å²) in [6.07, 6.45) is 4.53. The molecule has 0 saturated carbocycles. The number of amides is 1. The van der Waals surface area contributed by atoms with Crippen molar-refractivity contribution >= 4 is 29.1 Å². The molecule has 0 spiro atoms. The van der Waals surface area contributed by atoms with E-state index in [-0.39, 0.29) is 24.4 Å². The minimum atomic E-state index is -1.29. The topological polar surface area (TPSA) is 184 Å². The van der Waals surface area contributed by atoms with Gasteiger partial charge in [-0.05, 0) is 6.42 Å². The summed E-state index contributed by atoms with van der Waals surface area (Å²) in [7, 11) is 2.99. The van der Waals surface area contributed by atoms with Gasteiger partial charge in [-0.2, -0.15) is 0 Å². The Morgan fingerprint density at radius 3 is 1.79 bits per heavy atom. The molecule has 6 N–H and O–H groups in total. The summed E-state index contributed by atoms with van der Waals surface area (Å²) in [6, 6.07) is 11.2. The first-order valence-electron chi connectivity index (χ1n) is 15.2. The van der Waals surface area contributed by atoms with Crippen LogP contribution >= 0.6 is 23.2 Å². The average molecular weight is 699 g/mol. The third-order valence-electron chi connectivity index (χ3n) is 8.16. The van der Waals surface area contributed by atoms with Gasteiger partial charge in [-0.3, -0.25) is 20.1 Å². The number of hydrogen-bond donors (Lipinski definition) is 6. The predicted octanol–water partition coefficient (Wildman–Crippen LogP) is 2.77. The number of ether oxygens (including phenoxy) is 2. The van der Waals surface area contributed by atoms with E-state index in [9.17, 15) is 20.1 Å². The van der Waals surface area contributed by atoms with E-state index in [1.807, 2.05) is 36.4 Å². The number of aliphatic hydroxyl groups excluding tert-OH is 3. The second kappa shape index (κ2) is 16.0. The lowest BCUT2D eigenvalue weighted by atomic mass is 9.98. The fourth-order valence-corrected chi connectivity index (χ4v) is 5.93. The van der Waals surface area contributed by atoms with Crippen LogP contribution in [0.15, 0.2) is 48.8 Å². The summed E-state index contributed by atoms with van der Waals surface area (Å²) in [6.45, 7) is -0.338. The number of rotatable bonds is 15. The molecule has 0 bridgehead atoms. The second-order valence-corrected chi connectivity index (χ2v) is 12.1. The highest BCUT2D eigenvalue weighted by molar-refractivity contribution is 6.39. The van der Waals surface area contributed by atoms with Crippen LogP contribution in [0.2, 0.25) is 10.0 Å². The van der Waals surface area contributed by atoms with E-state index in [4.69, 9.17) is 37.7 Å². The maximum absolute atomic E-state index is 11.5. The molecule has 4 aromatic rings. The van der Waals surface area contributed by atoms with Crippen LogP contribution in [0.3, 0.4) is 0 Å². The van der Waals surface area contributed by atoms with Crippen molar-refractivity contribution in [2.24, 2.45) is 0 Å². The molecular formula is C33H37Cl2N7O6. The first-order valence-corrected chi connectivity index (χ1v) is 16.0. The van der Waals surface area contributed by atoms with Crippen LogP contribution < -0.4 is 25.4 Å². The van der Waals surface area contributed by atoms with Crippen molar-refractivity contribution < 1.29 is 29.6 Å². The molecule has 48 heavy (non-hydrogen) atoms. The number of hydrogen-bond acceptors (Lipinski definition) is 12. The number of carbonyl (C=O) groups excluding carboxylic acids is 1. The van der Waals surface area contributed by atoms with Crippen molar-refractivity contribution in [3.05, 3.63) is 70.2 Å². The van der Waals surface area contributed by atoms with Crippen LogP contribution in [0.5, 0.6) is 11.8 Å². The van der Waals surface area contributed by atoms with Crippen molar-refractivity contribution in [2.75, 3.05) is 40.6 Å². The molecule has 2 aromatic carbocycles. The van der Waals surface area contributed by atoms with Crippen molar-refractivity contribution in [1.82, 2.24) is 35.9 Å². The third-order valence-corrected chi connectivity index (χ3v) is 8.97. The Labute approximate surface area is 287 Å². The van der Waals surface area contributed by atoms with Crippen LogP contribution in [-0.2, 0) is 17.9 Å². The Balaban J connectivity index is 1.39. The lowest BCUT2D eigenvalue weighted by Crippen LogP contribution is -2.54. The van der Waals surface area contributed by atoms with Gasteiger partial charge in [-0.25, -0.2) is 9.97 Å². The minimum absolute atomic E-state index is 0.0680. The van der Waals surface area contributed by atoms with Gasteiger partial charge >= 0.3 is 0 Å². The number of methoxy groups -OCH3 is 2. The van der Waals surface area contributed by atoms with Gasteiger partial charge in [0.1, 0.15) is 11.4 Å². The molecule has 0 radical (unpaired) electrons. The normalized spacial score (nSPS) is 14.6. The Hall–Kier alpha value is -3.95. The molecule has 254 valence electrons. The summed E-state index contributed by atoms with van der Waals surface area (Å²) in [5, 5.41) is 38.9. The molecule has 1 aliphatic rings. The van der Waals surface area contributed by atoms with Crippen LogP contribution in [0, 0.1) is 0 Å². The Morgan fingerprint density at radius 1 is 0.833 bits per heavy atom. The van der Waals surface area contributed by atoms with Crippen molar-refractivity contribution in [3.63, 3.8) is 0 Å². The van der Waals surface area contributed by atoms with Gasteiger partial charge in [-0.1, -0.05) is 59.6 Å². The number of carbonyl (C=O) groups is 1. The van der Waals surface area contributed by atoms with E-state index < -0.39 is 25.4 Å². The summed E-state index contributed by atoms with van der Waals surface area (Å²) < 4.78 is 11.0. The van der Waals surface area contributed by atoms with Gasteiger partial charge in [0.15, 0.2) is 0 Å². The Morgan fingerprint density at radius 2 is 1.33 bits per heavy atom. The number of benzene rings is 2. The maximum atomic E-state index is 11.5. The van der Waals surface area contributed by atoms with Gasteiger partial charge in [0.2, 0.25) is 17.7 Å². The van der Waals surface area contributed by atoms with E-state index in [0.29, 0.717) is 80.5 Å². The van der Waals surface area contributed by atoms with E-state index in [2.05, 4.69) is 30.9 Å². The summed E-state index contributed by atoms with van der Waals surface area (Å²) in [5.41, 5.74) is 3.26. The van der Waals surface area contributed by atoms with Gasteiger partial charge in [0, 0.05) is 54.4 Å². The van der Waals surface area contributed by atoms with Crippen LogP contribution in [0.1, 0.15) is 24.2 Å². The first-order chi connectivity index (χ1) is 23.3. The predicted molar refractivity (Wildman–Crippen MR) is 181 cm³/mol. The maximum Gasteiger partial charge on any atom is 0.237 e. The highest BCUT2D eigenvalue weighted by Crippen LogP contribution is 2.42. The number of aliphatic hydroxyl groups is 3. The second-order valence-electron chi connectivity index (χ2n) is 11.3. The van der Waals surface area contributed by atoms with Gasteiger partial charge in [0.05, 0.1) is 73.4 Å². The highest BCUT2D eigenvalue weighted by Gasteiger charge is 2.28. The summed E-state index contributed by atoms with van der Waals surface area (Å²) >= 11 is 14.0. The number of aromatic nitrogens is 4. The Bertz CT molecular complexity index is 1750. The molecule has 2 aromatic heterocycles. The molecular weight excluding hydrogens is 661 g/mol. The molecule has 1 aliphatic heterocycles. The average Bonchev–Trinajstić information content (AvgIpc) is 3.54. The molecule has 15 heteroatoms. The fourth-order valence-electron chi connectivity index (χ4n) is 5.28. The van der Waals surface area contributed by atoms with E-state index in [1.54, 1.807) is 12.4 Å². The lowest BCUT2D eigenvalue weighted by Gasteiger charge is -2.28. The highest BCUT2D eigenvalue weighted by atomic mass is 35.5. The fraction of sp³-hybridized carbons (Fsp3) is 0.364. The number of nitrogens with zero attached hydrogens (tertiary/aromatic N) is 4. The van der Waals surface area contributed by atoms with Crippen LogP contribution in [0.25, 0.3) is 33.6 Å². The van der Waals surface area contributed by atoms with Gasteiger partial charge in [-0.15, -0.1) is 0 Å². The van der Waals surface area contributed by atoms with Crippen LogP contribution in [-0.4, -0.2) is 93.3 Å². The molecule has 3 heterocycles. The van der Waals surface area contributed by atoms with Crippen LogP contribution in [0.4, 0.5) is 0 Å². The van der Waals surface area contributed by atoms with Crippen molar-refractivity contribution in [1.29, 1.82) is 0 Å². The number of halogens is 2. The van der Waals surface area contributed by atoms with Gasteiger partial charge < -0.3 is 35.4 Å². The van der Waals surface area contributed by atoms with E-state index in [0.717, 1.165) is 6.42 Å². The van der Waals surface area contributed by atoms with E-state index >= 15 is 0 Å². The zero-order valence-corrected chi connectivity index (χ0v) is 28.0. The van der Waals surface area contributed by atoms with E-state index in [1.165, 1.54) is 14.2 Å². The van der Waals surface area contributed by atoms with Crippen molar-refractivity contribution in [2.45, 2.75) is 37.5 Å².